The number of anilines is 1. The molecule has 0 saturated carbocycles. The maximum absolute atomic E-state index is 12.3. The van der Waals surface area contributed by atoms with Gasteiger partial charge in [0.15, 0.2) is 0 Å². The Balaban J connectivity index is 1.56. The predicted octanol–water partition coefficient (Wildman–Crippen LogP) is 3.11. The van der Waals surface area contributed by atoms with Gasteiger partial charge in [0.1, 0.15) is 0 Å². The molecule has 0 spiro atoms. The maximum Gasteiger partial charge on any atom is 0.269 e. The Kier molecular flexibility index (Phi) is 4.85. The van der Waals surface area contributed by atoms with Crippen molar-refractivity contribution >= 4 is 17.3 Å². The highest BCUT2D eigenvalue weighted by molar-refractivity contribution is 5.91. The Morgan fingerprint density at radius 1 is 1.36 bits per heavy atom. The molecule has 0 unspecified atom stereocenters. The van der Waals surface area contributed by atoms with Gasteiger partial charge in [-0.15, -0.1) is 0 Å². The zero-order chi connectivity index (χ0) is 18.0. The van der Waals surface area contributed by atoms with Gasteiger partial charge in [-0.2, -0.15) is 0 Å². The van der Waals surface area contributed by atoms with Gasteiger partial charge in [0, 0.05) is 61.8 Å². The van der Waals surface area contributed by atoms with Crippen LogP contribution in [-0.2, 0) is 11.3 Å². The van der Waals surface area contributed by atoms with E-state index in [1.54, 1.807) is 13.0 Å². The topological polar surface area (TPSA) is 80.4 Å². The zero-order valence-corrected chi connectivity index (χ0v) is 14.4. The molecule has 1 aliphatic rings. The largest absolute Gasteiger partial charge is 0.349 e. The summed E-state index contributed by atoms with van der Waals surface area (Å²) in [5, 5.41) is 13.6. The third-order valence-corrected chi connectivity index (χ3v) is 4.79. The third-order valence-electron chi connectivity index (χ3n) is 4.79. The molecule has 7 heteroatoms. The number of carbonyl (C=O) groups is 1. The Morgan fingerprint density at radius 2 is 2.16 bits per heavy atom. The summed E-state index contributed by atoms with van der Waals surface area (Å²) < 4.78 is 2.25. The van der Waals surface area contributed by atoms with Crippen LogP contribution in [0.5, 0.6) is 0 Å². The summed E-state index contributed by atoms with van der Waals surface area (Å²) in [4.78, 5) is 24.9. The number of fused-ring (bicyclic) bond motifs is 1. The third kappa shape index (κ3) is 3.71. The van der Waals surface area contributed by atoms with E-state index in [1.165, 1.54) is 17.8 Å². The molecule has 0 bridgehead atoms. The Hall–Kier alpha value is -2.67. The molecular weight excluding hydrogens is 320 g/mol. The van der Waals surface area contributed by atoms with Crippen LogP contribution in [0, 0.1) is 17.0 Å². The van der Waals surface area contributed by atoms with E-state index in [0.29, 0.717) is 24.2 Å². The van der Waals surface area contributed by atoms with E-state index in [2.05, 4.69) is 40.0 Å². The van der Waals surface area contributed by atoms with Gasteiger partial charge in [-0.05, 0) is 37.6 Å². The van der Waals surface area contributed by atoms with Crippen LogP contribution in [0.4, 0.5) is 11.4 Å². The molecule has 2 heterocycles. The molecule has 0 saturated heterocycles. The van der Waals surface area contributed by atoms with Crippen LogP contribution in [-0.4, -0.2) is 33.4 Å². The molecule has 1 aromatic carbocycles. The first-order chi connectivity index (χ1) is 12.0. The molecule has 2 aromatic rings. The first-order valence-electron chi connectivity index (χ1n) is 8.39. The van der Waals surface area contributed by atoms with Crippen LogP contribution >= 0.6 is 0 Å². The second-order valence-electron chi connectivity index (χ2n) is 6.39. The van der Waals surface area contributed by atoms with Crippen molar-refractivity contribution in [2.45, 2.75) is 32.9 Å². The molecule has 1 N–H and O–H groups in total. The lowest BCUT2D eigenvalue weighted by Gasteiger charge is -2.34. The molecular formula is C18H22N4O3. The van der Waals surface area contributed by atoms with Crippen LogP contribution in [0.3, 0.4) is 0 Å². The van der Waals surface area contributed by atoms with Crippen molar-refractivity contribution in [2.24, 2.45) is 0 Å². The highest BCUT2D eigenvalue weighted by Gasteiger charge is 2.23. The van der Waals surface area contributed by atoms with Crippen LogP contribution in [0.2, 0.25) is 0 Å². The molecule has 1 atom stereocenters. The maximum atomic E-state index is 12.3. The Morgan fingerprint density at radius 3 is 2.88 bits per heavy atom. The minimum Gasteiger partial charge on any atom is -0.349 e. The molecule has 25 heavy (non-hydrogen) atoms. The fourth-order valence-electron chi connectivity index (χ4n) is 3.29. The highest BCUT2D eigenvalue weighted by atomic mass is 16.6. The van der Waals surface area contributed by atoms with E-state index in [4.69, 9.17) is 0 Å². The van der Waals surface area contributed by atoms with Crippen molar-refractivity contribution in [1.82, 2.24) is 9.47 Å². The van der Waals surface area contributed by atoms with Crippen molar-refractivity contribution in [3.63, 3.8) is 0 Å². The van der Waals surface area contributed by atoms with Crippen molar-refractivity contribution in [2.75, 3.05) is 18.4 Å². The average Bonchev–Trinajstić information content (AvgIpc) is 3.05. The fraction of sp³-hybridized carbons (Fsp3) is 0.389. The minimum atomic E-state index is -0.438. The smallest absolute Gasteiger partial charge is 0.269 e. The van der Waals surface area contributed by atoms with Gasteiger partial charge >= 0.3 is 0 Å². The van der Waals surface area contributed by atoms with Crippen LogP contribution < -0.4 is 5.32 Å². The summed E-state index contributed by atoms with van der Waals surface area (Å²) in [5.74, 6) is -0.0786. The van der Waals surface area contributed by atoms with Gasteiger partial charge < -0.3 is 9.88 Å². The van der Waals surface area contributed by atoms with Crippen molar-refractivity contribution in [3.8, 4) is 0 Å². The number of nitrogens with zero attached hydrogens (tertiary/aromatic N) is 3. The lowest BCUT2D eigenvalue weighted by Crippen LogP contribution is -2.38. The van der Waals surface area contributed by atoms with E-state index in [1.807, 2.05) is 0 Å². The number of rotatable bonds is 5. The van der Waals surface area contributed by atoms with Gasteiger partial charge in [-0.1, -0.05) is 0 Å². The lowest BCUT2D eigenvalue weighted by atomic mass is 10.1. The number of hydrogen-bond acceptors (Lipinski definition) is 4. The molecule has 1 amide bonds. The average molecular weight is 342 g/mol. The standard InChI is InChI=1S/C18H22N4O3/c1-13-12-15(22(24)25)5-6-16(13)19-18(23)7-9-20-10-11-21-8-3-4-17(21)14(20)2/h3-6,8,12,14H,7,9-11H2,1-2H3,(H,19,23)/t14-/m1/s1. The minimum absolute atomic E-state index is 0.0284. The van der Waals surface area contributed by atoms with E-state index in [9.17, 15) is 14.9 Å². The number of aryl methyl sites for hydroxylation is 1. The molecule has 7 nitrogen and oxygen atoms in total. The second kappa shape index (κ2) is 7.06. The fourth-order valence-corrected chi connectivity index (χ4v) is 3.29. The molecule has 3 rings (SSSR count). The summed E-state index contributed by atoms with van der Waals surface area (Å²) in [7, 11) is 0. The van der Waals surface area contributed by atoms with E-state index >= 15 is 0 Å². The zero-order valence-electron chi connectivity index (χ0n) is 14.4. The Bertz CT molecular complexity index is 799. The van der Waals surface area contributed by atoms with Gasteiger partial charge in [0.2, 0.25) is 5.91 Å². The number of nitro groups is 1. The number of benzene rings is 1. The SMILES string of the molecule is Cc1cc([N+](=O)[O-])ccc1NC(=O)CCN1CCn2cccc2[C@H]1C. The summed E-state index contributed by atoms with van der Waals surface area (Å²) in [5.41, 5.74) is 2.61. The monoisotopic (exact) mass is 342 g/mol. The van der Waals surface area contributed by atoms with Crippen LogP contribution in [0.25, 0.3) is 0 Å². The quantitative estimate of drug-likeness (QED) is 0.669. The molecule has 132 valence electrons. The Labute approximate surface area is 146 Å². The number of carbonyl (C=O) groups excluding carboxylic acids is 1. The number of amides is 1. The summed E-state index contributed by atoms with van der Waals surface area (Å²) in [6, 6.07) is 8.93. The predicted molar refractivity (Wildman–Crippen MR) is 95.5 cm³/mol. The van der Waals surface area contributed by atoms with Gasteiger partial charge in [0.05, 0.1) is 4.92 Å². The van der Waals surface area contributed by atoms with Crippen LogP contribution in [0.1, 0.15) is 30.6 Å². The van der Waals surface area contributed by atoms with E-state index in [0.717, 1.165) is 13.1 Å². The first-order valence-corrected chi connectivity index (χ1v) is 8.39. The number of nitro benzene ring substituents is 1. The summed E-state index contributed by atoms with van der Waals surface area (Å²) in [6.07, 6.45) is 2.48. The normalized spacial score (nSPS) is 17.1. The van der Waals surface area contributed by atoms with Gasteiger partial charge in [-0.25, -0.2) is 0 Å². The summed E-state index contributed by atoms with van der Waals surface area (Å²) >= 11 is 0. The summed E-state index contributed by atoms with van der Waals surface area (Å²) in [6.45, 7) is 6.46. The molecule has 1 aliphatic heterocycles. The number of nitrogens with one attached hydrogen (secondary N) is 1. The molecule has 0 aliphatic carbocycles. The first kappa shape index (κ1) is 17.2. The van der Waals surface area contributed by atoms with Crippen molar-refractivity contribution in [1.29, 1.82) is 0 Å². The second-order valence-corrected chi connectivity index (χ2v) is 6.39. The van der Waals surface area contributed by atoms with Gasteiger partial charge in [0.25, 0.3) is 5.69 Å². The molecule has 0 radical (unpaired) electrons. The number of non-ortho nitro benzene ring substituents is 1. The highest BCUT2D eigenvalue weighted by Crippen LogP contribution is 2.25. The van der Waals surface area contributed by atoms with Crippen molar-refractivity contribution in [3.05, 3.63) is 57.9 Å². The molecule has 0 fully saturated rings. The molecule has 1 aromatic heterocycles. The van der Waals surface area contributed by atoms with E-state index in [-0.39, 0.29) is 17.6 Å². The lowest BCUT2D eigenvalue weighted by molar-refractivity contribution is -0.384. The van der Waals surface area contributed by atoms with Gasteiger partial charge in [-0.3, -0.25) is 19.8 Å². The van der Waals surface area contributed by atoms with Crippen LogP contribution in [0.15, 0.2) is 36.5 Å². The van der Waals surface area contributed by atoms with Crippen molar-refractivity contribution < 1.29 is 9.72 Å². The number of hydrogen-bond donors (Lipinski definition) is 1. The van der Waals surface area contributed by atoms with E-state index < -0.39 is 4.92 Å². The number of aromatic nitrogens is 1.